The van der Waals surface area contributed by atoms with Crippen molar-refractivity contribution in [3.8, 4) is 0 Å². The smallest absolute Gasteiger partial charge is 0.103 e. The van der Waals surface area contributed by atoms with Crippen molar-refractivity contribution >= 4 is 17.2 Å². The summed E-state index contributed by atoms with van der Waals surface area (Å²) in [6, 6.07) is 8.08. The van der Waals surface area contributed by atoms with Crippen LogP contribution in [0.4, 0.5) is 0 Å². The maximum absolute atomic E-state index is 9.90. The number of thiocarbonyl (C=S) groups is 1. The minimum absolute atomic E-state index is 0.440. The first-order valence-electron chi connectivity index (χ1n) is 6.30. The summed E-state index contributed by atoms with van der Waals surface area (Å²) >= 11 is 4.93. The van der Waals surface area contributed by atoms with Crippen molar-refractivity contribution in [2.75, 3.05) is 13.1 Å². The maximum atomic E-state index is 9.90. The van der Waals surface area contributed by atoms with Gasteiger partial charge in [0, 0.05) is 25.2 Å². The Bertz CT molecular complexity index is 418. The van der Waals surface area contributed by atoms with Crippen LogP contribution in [0.3, 0.4) is 0 Å². The molecule has 1 aliphatic rings. The molecule has 1 heterocycles. The van der Waals surface area contributed by atoms with Crippen molar-refractivity contribution in [3.05, 3.63) is 35.4 Å². The molecule has 0 aliphatic carbocycles. The molecule has 0 amide bonds. The molecule has 98 valence electrons. The SMILES string of the molecule is CC1(O)CCN(Cc2ccc(C(N)=S)cc2)CC1. The summed E-state index contributed by atoms with van der Waals surface area (Å²) in [5, 5.41) is 9.90. The van der Waals surface area contributed by atoms with Crippen LogP contribution in [0, 0.1) is 0 Å². The number of benzene rings is 1. The van der Waals surface area contributed by atoms with Crippen molar-refractivity contribution in [1.82, 2.24) is 4.90 Å². The monoisotopic (exact) mass is 264 g/mol. The van der Waals surface area contributed by atoms with Gasteiger partial charge in [0.25, 0.3) is 0 Å². The van der Waals surface area contributed by atoms with Crippen LogP contribution in [0.15, 0.2) is 24.3 Å². The second kappa shape index (κ2) is 5.34. The van der Waals surface area contributed by atoms with Crippen LogP contribution < -0.4 is 5.73 Å². The molecule has 1 saturated heterocycles. The normalized spacial score (nSPS) is 19.7. The van der Waals surface area contributed by atoms with E-state index in [9.17, 15) is 5.11 Å². The molecular weight excluding hydrogens is 244 g/mol. The second-order valence-electron chi connectivity index (χ2n) is 5.33. The third-order valence-corrected chi connectivity index (χ3v) is 3.81. The van der Waals surface area contributed by atoms with Crippen molar-refractivity contribution in [1.29, 1.82) is 0 Å². The Morgan fingerprint density at radius 2 is 1.89 bits per heavy atom. The number of nitrogens with two attached hydrogens (primary N) is 1. The largest absolute Gasteiger partial charge is 0.390 e. The van der Waals surface area contributed by atoms with Crippen molar-refractivity contribution < 1.29 is 5.11 Å². The molecule has 0 aromatic heterocycles. The van der Waals surface area contributed by atoms with Gasteiger partial charge < -0.3 is 10.8 Å². The first-order valence-corrected chi connectivity index (χ1v) is 6.71. The standard InChI is InChI=1S/C14H20N2OS/c1-14(17)6-8-16(9-7-14)10-11-2-4-12(5-3-11)13(15)18/h2-5,17H,6-10H2,1H3,(H2,15,18). The van der Waals surface area contributed by atoms with Gasteiger partial charge >= 0.3 is 0 Å². The van der Waals surface area contributed by atoms with E-state index in [2.05, 4.69) is 17.0 Å². The number of rotatable bonds is 3. The summed E-state index contributed by atoms with van der Waals surface area (Å²) in [5.41, 5.74) is 7.26. The molecule has 0 saturated carbocycles. The minimum atomic E-state index is -0.480. The molecule has 3 nitrogen and oxygen atoms in total. The van der Waals surface area contributed by atoms with Gasteiger partial charge in [-0.3, -0.25) is 4.90 Å². The molecule has 1 aromatic rings. The summed E-state index contributed by atoms with van der Waals surface area (Å²) in [4.78, 5) is 2.81. The number of aliphatic hydroxyl groups is 1. The highest BCUT2D eigenvalue weighted by Crippen LogP contribution is 2.22. The van der Waals surface area contributed by atoms with Crippen LogP contribution in [-0.4, -0.2) is 33.7 Å². The van der Waals surface area contributed by atoms with E-state index in [0.29, 0.717) is 4.99 Å². The zero-order chi connectivity index (χ0) is 13.2. The fourth-order valence-corrected chi connectivity index (χ4v) is 2.36. The Labute approximate surface area is 114 Å². The lowest BCUT2D eigenvalue weighted by Gasteiger charge is -2.35. The summed E-state index contributed by atoms with van der Waals surface area (Å²) in [6.07, 6.45) is 1.69. The van der Waals surface area contributed by atoms with Gasteiger partial charge in [-0.25, -0.2) is 0 Å². The average Bonchev–Trinajstić information content (AvgIpc) is 2.33. The van der Waals surface area contributed by atoms with Gasteiger partial charge in [-0.05, 0) is 25.3 Å². The molecule has 18 heavy (non-hydrogen) atoms. The quantitative estimate of drug-likeness (QED) is 0.815. The van der Waals surface area contributed by atoms with Crippen molar-refractivity contribution in [2.24, 2.45) is 5.73 Å². The first kappa shape index (κ1) is 13.5. The Balaban J connectivity index is 1.92. The Kier molecular flexibility index (Phi) is 4.00. The number of nitrogens with zero attached hydrogens (tertiary/aromatic N) is 1. The van der Waals surface area contributed by atoms with Crippen LogP contribution in [0.5, 0.6) is 0 Å². The third-order valence-electron chi connectivity index (χ3n) is 3.58. The minimum Gasteiger partial charge on any atom is -0.390 e. The Morgan fingerprint density at radius 1 is 1.33 bits per heavy atom. The summed E-state index contributed by atoms with van der Waals surface area (Å²) in [7, 11) is 0. The van der Waals surface area contributed by atoms with E-state index in [1.54, 1.807) is 0 Å². The highest BCUT2D eigenvalue weighted by Gasteiger charge is 2.26. The summed E-state index contributed by atoms with van der Waals surface area (Å²) < 4.78 is 0. The molecule has 1 aromatic carbocycles. The Morgan fingerprint density at radius 3 is 2.39 bits per heavy atom. The molecule has 0 radical (unpaired) electrons. The van der Waals surface area contributed by atoms with E-state index >= 15 is 0 Å². The molecule has 0 spiro atoms. The molecule has 2 rings (SSSR count). The topological polar surface area (TPSA) is 49.5 Å². The molecule has 0 unspecified atom stereocenters. The number of hydrogen-bond donors (Lipinski definition) is 2. The fraction of sp³-hybridized carbons (Fsp3) is 0.500. The van der Waals surface area contributed by atoms with E-state index in [0.717, 1.165) is 38.0 Å². The van der Waals surface area contributed by atoms with Crippen LogP contribution in [0.2, 0.25) is 0 Å². The molecule has 0 atom stereocenters. The van der Waals surface area contributed by atoms with Gasteiger partial charge in [0.05, 0.1) is 5.60 Å². The lowest BCUT2D eigenvalue weighted by molar-refractivity contribution is -0.00729. The molecule has 3 N–H and O–H groups in total. The predicted octanol–water partition coefficient (Wildman–Crippen LogP) is 1.67. The van der Waals surface area contributed by atoms with Gasteiger partial charge in [-0.2, -0.15) is 0 Å². The van der Waals surface area contributed by atoms with E-state index in [1.165, 1.54) is 5.56 Å². The molecule has 4 heteroatoms. The molecule has 1 fully saturated rings. The second-order valence-corrected chi connectivity index (χ2v) is 5.77. The van der Waals surface area contributed by atoms with Crippen LogP contribution in [0.1, 0.15) is 30.9 Å². The number of piperidine rings is 1. The zero-order valence-corrected chi connectivity index (χ0v) is 11.5. The van der Waals surface area contributed by atoms with Gasteiger partial charge in [0.1, 0.15) is 4.99 Å². The summed E-state index contributed by atoms with van der Waals surface area (Å²) in [6.45, 7) is 4.74. The van der Waals surface area contributed by atoms with E-state index in [-0.39, 0.29) is 0 Å². The molecule has 1 aliphatic heterocycles. The van der Waals surface area contributed by atoms with Gasteiger partial charge in [0.2, 0.25) is 0 Å². The summed E-state index contributed by atoms with van der Waals surface area (Å²) in [5.74, 6) is 0. The van der Waals surface area contributed by atoms with Crippen molar-refractivity contribution in [2.45, 2.75) is 31.9 Å². The predicted molar refractivity (Wildman–Crippen MR) is 77.5 cm³/mol. The van der Waals surface area contributed by atoms with Gasteiger partial charge in [-0.15, -0.1) is 0 Å². The highest BCUT2D eigenvalue weighted by atomic mass is 32.1. The Hall–Kier alpha value is -0.970. The van der Waals surface area contributed by atoms with Crippen LogP contribution >= 0.6 is 12.2 Å². The zero-order valence-electron chi connectivity index (χ0n) is 10.7. The maximum Gasteiger partial charge on any atom is 0.103 e. The van der Waals surface area contributed by atoms with Crippen LogP contribution in [-0.2, 0) is 6.54 Å². The lowest BCUT2D eigenvalue weighted by atomic mass is 9.93. The van der Waals surface area contributed by atoms with Crippen molar-refractivity contribution in [3.63, 3.8) is 0 Å². The van der Waals surface area contributed by atoms with E-state index in [1.807, 2.05) is 19.1 Å². The highest BCUT2D eigenvalue weighted by molar-refractivity contribution is 7.80. The third kappa shape index (κ3) is 3.51. The van der Waals surface area contributed by atoms with Gasteiger partial charge in [0.15, 0.2) is 0 Å². The van der Waals surface area contributed by atoms with E-state index in [4.69, 9.17) is 18.0 Å². The van der Waals surface area contributed by atoms with Crippen LogP contribution in [0.25, 0.3) is 0 Å². The number of hydrogen-bond acceptors (Lipinski definition) is 3. The first-order chi connectivity index (χ1) is 8.46. The molecular formula is C14H20N2OS. The van der Waals surface area contributed by atoms with E-state index < -0.39 is 5.60 Å². The molecule has 0 bridgehead atoms. The number of likely N-dealkylation sites (tertiary alicyclic amines) is 1. The average molecular weight is 264 g/mol. The fourth-order valence-electron chi connectivity index (χ4n) is 2.23. The lowest BCUT2D eigenvalue weighted by Crippen LogP contribution is -2.41. The van der Waals surface area contributed by atoms with Gasteiger partial charge in [-0.1, -0.05) is 36.5 Å².